The maximum Gasteiger partial charge on any atom is 0.331 e. The van der Waals surface area contributed by atoms with Crippen molar-refractivity contribution in [2.45, 2.75) is 19.5 Å². The van der Waals surface area contributed by atoms with Crippen molar-refractivity contribution in [2.24, 2.45) is 7.05 Å². The molecular formula is C12H19ClN4O3. The van der Waals surface area contributed by atoms with Crippen molar-refractivity contribution in [2.75, 3.05) is 19.6 Å². The largest absolute Gasteiger partial charge is 0.338 e. The Labute approximate surface area is 122 Å². The van der Waals surface area contributed by atoms with E-state index in [-0.39, 0.29) is 36.5 Å². The predicted molar refractivity (Wildman–Crippen MR) is 77.2 cm³/mol. The van der Waals surface area contributed by atoms with Gasteiger partial charge in [-0.15, -0.1) is 12.4 Å². The molecule has 1 N–H and O–H groups in total. The highest BCUT2D eigenvalue weighted by molar-refractivity contribution is 5.85. The van der Waals surface area contributed by atoms with E-state index in [1.807, 2.05) is 6.92 Å². The quantitative estimate of drug-likeness (QED) is 0.744. The van der Waals surface area contributed by atoms with Crippen LogP contribution < -0.4 is 16.6 Å². The number of nitrogens with one attached hydrogen (secondary N) is 1. The summed E-state index contributed by atoms with van der Waals surface area (Å²) in [5.74, 6) is -0.103. The van der Waals surface area contributed by atoms with E-state index in [0.717, 1.165) is 11.1 Å². The first-order valence-corrected chi connectivity index (χ1v) is 6.26. The fraction of sp³-hybridized carbons (Fsp3) is 0.583. The van der Waals surface area contributed by atoms with Gasteiger partial charge in [-0.25, -0.2) is 4.79 Å². The van der Waals surface area contributed by atoms with E-state index in [9.17, 15) is 14.4 Å². The van der Waals surface area contributed by atoms with Gasteiger partial charge in [-0.05, 0) is 6.92 Å². The van der Waals surface area contributed by atoms with Crippen molar-refractivity contribution in [1.82, 2.24) is 19.4 Å². The van der Waals surface area contributed by atoms with Crippen LogP contribution in [0.2, 0.25) is 0 Å². The van der Waals surface area contributed by atoms with Gasteiger partial charge in [0.25, 0.3) is 5.56 Å². The zero-order chi connectivity index (χ0) is 14.0. The Morgan fingerprint density at radius 3 is 2.80 bits per heavy atom. The highest BCUT2D eigenvalue weighted by atomic mass is 35.5. The molecule has 1 aliphatic rings. The standard InChI is InChI=1S/C12H18N4O3.ClH/c1-9-7-15(6-4-13-9)11(18)8-16-5-3-10(17)14(2)12(16)19;/h3,5,9,13H,4,6-8H2,1-2H3;1H. The molecule has 1 amide bonds. The van der Waals surface area contributed by atoms with Crippen LogP contribution in [0.4, 0.5) is 0 Å². The summed E-state index contributed by atoms with van der Waals surface area (Å²) in [5, 5.41) is 3.25. The lowest BCUT2D eigenvalue weighted by Gasteiger charge is -2.32. The van der Waals surface area contributed by atoms with Gasteiger partial charge in [0.2, 0.25) is 5.91 Å². The van der Waals surface area contributed by atoms with Crippen LogP contribution in [-0.2, 0) is 18.4 Å². The van der Waals surface area contributed by atoms with Gasteiger partial charge in [-0.1, -0.05) is 0 Å². The van der Waals surface area contributed by atoms with E-state index >= 15 is 0 Å². The number of carbonyl (C=O) groups excluding carboxylic acids is 1. The number of amides is 1. The normalized spacial score (nSPS) is 18.5. The summed E-state index contributed by atoms with van der Waals surface area (Å²) in [5.41, 5.74) is -0.839. The molecule has 1 unspecified atom stereocenters. The molecule has 1 atom stereocenters. The summed E-state index contributed by atoms with van der Waals surface area (Å²) < 4.78 is 2.25. The van der Waals surface area contributed by atoms with Crippen molar-refractivity contribution < 1.29 is 4.79 Å². The molecule has 0 bridgehead atoms. The van der Waals surface area contributed by atoms with Gasteiger partial charge >= 0.3 is 5.69 Å². The first-order chi connectivity index (χ1) is 8.99. The van der Waals surface area contributed by atoms with Gasteiger partial charge < -0.3 is 10.2 Å². The van der Waals surface area contributed by atoms with Crippen LogP contribution >= 0.6 is 12.4 Å². The Morgan fingerprint density at radius 1 is 1.45 bits per heavy atom. The monoisotopic (exact) mass is 302 g/mol. The van der Waals surface area contributed by atoms with Gasteiger partial charge in [0.1, 0.15) is 6.54 Å². The molecule has 1 aliphatic heterocycles. The van der Waals surface area contributed by atoms with Crippen LogP contribution in [0.5, 0.6) is 0 Å². The van der Waals surface area contributed by atoms with Crippen LogP contribution in [0, 0.1) is 0 Å². The molecule has 112 valence electrons. The molecular weight excluding hydrogens is 284 g/mol. The maximum atomic E-state index is 12.1. The molecule has 7 nitrogen and oxygen atoms in total. The third kappa shape index (κ3) is 3.49. The van der Waals surface area contributed by atoms with E-state index in [2.05, 4.69) is 5.32 Å². The Balaban J connectivity index is 0.00000200. The SMILES string of the molecule is CC1CN(C(=O)Cn2ccc(=O)n(C)c2=O)CCN1.Cl. The number of nitrogens with zero attached hydrogens (tertiary/aromatic N) is 3. The molecule has 8 heteroatoms. The van der Waals surface area contributed by atoms with Crippen molar-refractivity contribution in [3.05, 3.63) is 33.1 Å². The van der Waals surface area contributed by atoms with E-state index in [0.29, 0.717) is 13.1 Å². The average molecular weight is 303 g/mol. The molecule has 2 rings (SSSR count). The fourth-order valence-electron chi connectivity index (χ4n) is 2.14. The maximum absolute atomic E-state index is 12.1. The van der Waals surface area contributed by atoms with Gasteiger partial charge in [-0.3, -0.25) is 18.7 Å². The van der Waals surface area contributed by atoms with E-state index in [1.165, 1.54) is 23.9 Å². The molecule has 2 heterocycles. The van der Waals surface area contributed by atoms with Gasteiger partial charge in [0, 0.05) is 45.0 Å². The molecule has 1 saturated heterocycles. The number of piperazine rings is 1. The van der Waals surface area contributed by atoms with Crippen LogP contribution in [-0.4, -0.2) is 45.6 Å². The molecule has 20 heavy (non-hydrogen) atoms. The Morgan fingerprint density at radius 2 is 2.15 bits per heavy atom. The smallest absolute Gasteiger partial charge is 0.331 e. The van der Waals surface area contributed by atoms with Crippen molar-refractivity contribution in [3.8, 4) is 0 Å². The molecule has 0 aliphatic carbocycles. The summed E-state index contributed by atoms with van der Waals surface area (Å²) in [7, 11) is 1.40. The minimum absolute atomic E-state index is 0. The average Bonchev–Trinajstić information content (AvgIpc) is 2.39. The summed E-state index contributed by atoms with van der Waals surface area (Å²) >= 11 is 0. The summed E-state index contributed by atoms with van der Waals surface area (Å²) in [6.45, 7) is 4.02. The number of aromatic nitrogens is 2. The lowest BCUT2D eigenvalue weighted by Crippen LogP contribution is -2.52. The van der Waals surface area contributed by atoms with E-state index in [4.69, 9.17) is 0 Å². The fourth-order valence-corrected chi connectivity index (χ4v) is 2.14. The Kier molecular flexibility index (Phi) is 5.52. The second-order valence-electron chi connectivity index (χ2n) is 4.82. The van der Waals surface area contributed by atoms with Crippen LogP contribution in [0.1, 0.15) is 6.92 Å². The van der Waals surface area contributed by atoms with Gasteiger partial charge in [-0.2, -0.15) is 0 Å². The van der Waals surface area contributed by atoms with Crippen LogP contribution in [0.3, 0.4) is 0 Å². The first kappa shape index (κ1) is 16.5. The van der Waals surface area contributed by atoms with E-state index in [1.54, 1.807) is 4.90 Å². The first-order valence-electron chi connectivity index (χ1n) is 6.26. The van der Waals surface area contributed by atoms with Crippen LogP contribution in [0.25, 0.3) is 0 Å². The van der Waals surface area contributed by atoms with E-state index < -0.39 is 5.69 Å². The minimum Gasteiger partial charge on any atom is -0.338 e. The topological polar surface area (TPSA) is 76.3 Å². The number of hydrogen-bond donors (Lipinski definition) is 1. The Hall–Kier alpha value is -1.60. The Bertz CT molecular complexity index is 595. The minimum atomic E-state index is -0.468. The lowest BCUT2D eigenvalue weighted by molar-refractivity contribution is -0.133. The molecule has 0 radical (unpaired) electrons. The zero-order valence-electron chi connectivity index (χ0n) is 11.5. The molecule has 0 aromatic carbocycles. The number of carbonyl (C=O) groups is 1. The number of halogens is 1. The molecule has 1 aromatic rings. The molecule has 0 spiro atoms. The second kappa shape index (κ2) is 6.71. The lowest BCUT2D eigenvalue weighted by atomic mass is 10.2. The van der Waals surface area contributed by atoms with Crippen molar-refractivity contribution in [1.29, 1.82) is 0 Å². The summed E-state index contributed by atoms with van der Waals surface area (Å²) in [4.78, 5) is 36.9. The summed E-state index contributed by atoms with van der Waals surface area (Å²) in [6, 6.07) is 1.55. The van der Waals surface area contributed by atoms with Gasteiger partial charge in [0.05, 0.1) is 0 Å². The number of rotatable bonds is 2. The van der Waals surface area contributed by atoms with Crippen molar-refractivity contribution in [3.63, 3.8) is 0 Å². The third-order valence-corrected chi connectivity index (χ3v) is 3.29. The van der Waals surface area contributed by atoms with Crippen molar-refractivity contribution >= 4 is 18.3 Å². The number of hydrogen-bond acceptors (Lipinski definition) is 4. The second-order valence-corrected chi connectivity index (χ2v) is 4.82. The molecule has 1 fully saturated rings. The van der Waals surface area contributed by atoms with Crippen LogP contribution in [0.15, 0.2) is 21.9 Å². The molecule has 0 saturated carbocycles. The molecule has 1 aromatic heterocycles. The summed E-state index contributed by atoms with van der Waals surface area (Å²) in [6.07, 6.45) is 1.37. The highest BCUT2D eigenvalue weighted by Crippen LogP contribution is 2.00. The highest BCUT2D eigenvalue weighted by Gasteiger charge is 2.20. The predicted octanol–water partition coefficient (Wildman–Crippen LogP) is -1.21. The van der Waals surface area contributed by atoms with Gasteiger partial charge in [0.15, 0.2) is 0 Å². The third-order valence-electron chi connectivity index (χ3n) is 3.29. The zero-order valence-corrected chi connectivity index (χ0v) is 12.4.